The fourth-order valence-electron chi connectivity index (χ4n) is 0.724. The van der Waals surface area contributed by atoms with Gasteiger partial charge in [-0.1, -0.05) is 12.2 Å². The first-order chi connectivity index (χ1) is 5.76. The van der Waals surface area contributed by atoms with Crippen molar-refractivity contribution in [1.82, 2.24) is 0 Å². The van der Waals surface area contributed by atoms with Crippen molar-refractivity contribution in [2.75, 3.05) is 0 Å². The van der Waals surface area contributed by atoms with Crippen LogP contribution in [0, 0.1) is 5.89 Å². The molecule has 3 heteroatoms. The van der Waals surface area contributed by atoms with E-state index in [-0.39, 0.29) is 0 Å². The zero-order valence-corrected chi connectivity index (χ0v) is 5.15. The molecule has 0 amide bonds. The van der Waals surface area contributed by atoms with Crippen LogP contribution in [-0.4, -0.2) is 6.18 Å². The van der Waals surface area contributed by atoms with Gasteiger partial charge in [0.05, 0.1) is 5.89 Å². The third kappa shape index (κ3) is 1.75. The Kier molecular flexibility index (Phi) is 1.17. The summed E-state index contributed by atoms with van der Waals surface area (Å²) in [4.78, 5) is 0. The zero-order valence-electron chi connectivity index (χ0n) is 8.15. The lowest BCUT2D eigenvalue weighted by Crippen LogP contribution is -2.22. The van der Waals surface area contributed by atoms with E-state index < -0.39 is 31.3 Å². The topological polar surface area (TPSA) is 0 Å². The molecule has 0 aromatic heterocycles. The summed E-state index contributed by atoms with van der Waals surface area (Å²) >= 11 is 0. The normalized spacial score (nSPS) is 53.3. The minimum atomic E-state index is -4.65. The third-order valence-corrected chi connectivity index (χ3v) is 1.25. The van der Waals surface area contributed by atoms with Gasteiger partial charge in [0.1, 0.15) is 0 Å². The number of halogens is 3. The van der Waals surface area contributed by atoms with E-state index in [0.29, 0.717) is 6.08 Å². The highest BCUT2D eigenvalue weighted by atomic mass is 19.4. The summed E-state index contributed by atoms with van der Waals surface area (Å²) in [6.07, 6.45) is -5.76. The lowest BCUT2D eigenvalue weighted by Gasteiger charge is -2.18. The van der Waals surface area contributed by atoms with Crippen LogP contribution >= 0.6 is 0 Å². The van der Waals surface area contributed by atoms with Crippen LogP contribution < -0.4 is 0 Å². The highest BCUT2D eigenvalue weighted by molar-refractivity contribution is 4.95. The van der Waals surface area contributed by atoms with Gasteiger partial charge in [-0.3, -0.25) is 0 Å². The molecule has 1 aliphatic carbocycles. The maximum Gasteiger partial charge on any atom is 0.395 e. The Hall–Kier alpha value is -0.470. The maximum absolute atomic E-state index is 12.2. The maximum atomic E-state index is 12.2. The summed E-state index contributed by atoms with van der Waals surface area (Å²) in [7, 11) is 0. The molecule has 0 aliphatic heterocycles. The van der Waals surface area contributed by atoms with Crippen molar-refractivity contribution in [3.8, 4) is 0 Å². The molecule has 0 spiro atoms. The second kappa shape index (κ2) is 2.64. The minimum Gasteiger partial charge on any atom is -0.170 e. The Morgan fingerprint density at radius 2 is 2.30 bits per heavy atom. The molecule has 3 atom stereocenters. The predicted octanol–water partition coefficient (Wildman–Crippen LogP) is 2.91. The van der Waals surface area contributed by atoms with Gasteiger partial charge in [-0.05, 0) is 19.2 Å². The summed E-state index contributed by atoms with van der Waals surface area (Å²) in [5, 5.41) is 0. The van der Waals surface area contributed by atoms with Gasteiger partial charge in [0.2, 0.25) is 0 Å². The number of alkyl halides is 3. The van der Waals surface area contributed by atoms with E-state index in [1.54, 1.807) is 0 Å². The van der Waals surface area contributed by atoms with Gasteiger partial charge in [0.15, 0.2) is 0 Å². The van der Waals surface area contributed by atoms with Gasteiger partial charge in [0.25, 0.3) is 0 Å². The van der Waals surface area contributed by atoms with Crippen LogP contribution in [0.4, 0.5) is 13.2 Å². The quantitative estimate of drug-likeness (QED) is 0.469. The van der Waals surface area contributed by atoms with E-state index in [9.17, 15) is 13.2 Å². The average molecular weight is 153 g/mol. The molecule has 0 heterocycles. The van der Waals surface area contributed by atoms with Gasteiger partial charge >= 0.3 is 6.18 Å². The van der Waals surface area contributed by atoms with Crippen molar-refractivity contribution in [3.05, 3.63) is 12.2 Å². The molecule has 0 unspecified atom stereocenters. The SMILES string of the molecule is [2H][C@@H]1C[C@@]([2H])(C(F)(F)F)C=C[C@@H]1[2H]. The fourth-order valence-corrected chi connectivity index (χ4v) is 0.724. The average Bonchev–Trinajstić information content (AvgIpc) is 1.95. The lowest BCUT2D eigenvalue weighted by molar-refractivity contribution is -0.163. The van der Waals surface area contributed by atoms with Crippen molar-refractivity contribution >= 4 is 0 Å². The molecule has 0 aromatic carbocycles. The first kappa shape index (κ1) is 4.42. The summed E-state index contributed by atoms with van der Waals surface area (Å²) in [5.74, 6) is -2.67. The van der Waals surface area contributed by atoms with Crippen LogP contribution in [0.15, 0.2) is 12.2 Å². The Balaban J connectivity index is 2.90. The second-order valence-corrected chi connectivity index (χ2v) is 2.01. The van der Waals surface area contributed by atoms with Crippen LogP contribution in [0.25, 0.3) is 0 Å². The van der Waals surface area contributed by atoms with E-state index in [4.69, 9.17) is 4.11 Å². The van der Waals surface area contributed by atoms with Gasteiger partial charge in [-0.15, -0.1) is 0 Å². The first-order valence-corrected chi connectivity index (χ1v) is 2.87. The molecule has 0 N–H and O–H groups in total. The van der Waals surface area contributed by atoms with Gasteiger partial charge in [0, 0.05) is 4.11 Å². The van der Waals surface area contributed by atoms with E-state index in [2.05, 4.69) is 0 Å². The lowest BCUT2D eigenvalue weighted by atomic mass is 9.96. The summed E-state index contributed by atoms with van der Waals surface area (Å²) in [5.41, 5.74) is 0. The van der Waals surface area contributed by atoms with Gasteiger partial charge in [-0.25, -0.2) is 0 Å². The highest BCUT2D eigenvalue weighted by Gasteiger charge is 2.37. The van der Waals surface area contributed by atoms with Crippen LogP contribution in [-0.2, 0) is 0 Å². The van der Waals surface area contributed by atoms with E-state index in [0.717, 1.165) is 6.08 Å². The Morgan fingerprint density at radius 1 is 1.60 bits per heavy atom. The molecular formula is C7H9F3. The van der Waals surface area contributed by atoms with E-state index >= 15 is 0 Å². The molecular weight excluding hydrogens is 141 g/mol. The minimum absolute atomic E-state index is 0.652. The molecule has 0 fully saturated rings. The van der Waals surface area contributed by atoms with Crippen LogP contribution in [0.1, 0.15) is 23.3 Å². The number of hydrogen-bond donors (Lipinski definition) is 0. The van der Waals surface area contributed by atoms with Crippen LogP contribution in [0.2, 0.25) is 0 Å². The Morgan fingerprint density at radius 3 is 2.80 bits per heavy atom. The molecule has 10 heavy (non-hydrogen) atoms. The Bertz CT molecular complexity index is 226. The first-order valence-electron chi connectivity index (χ1n) is 4.52. The molecule has 0 aromatic rings. The van der Waals surface area contributed by atoms with Crippen molar-refractivity contribution < 1.29 is 17.3 Å². The molecule has 0 saturated carbocycles. The van der Waals surface area contributed by atoms with Gasteiger partial charge in [-0.2, -0.15) is 13.2 Å². The highest BCUT2D eigenvalue weighted by Crippen LogP contribution is 2.33. The summed E-state index contributed by atoms with van der Waals surface area (Å²) in [6.45, 7) is 0. The molecule has 1 rings (SSSR count). The fraction of sp³-hybridized carbons (Fsp3) is 0.714. The number of allylic oxidation sites excluding steroid dienone is 2. The summed E-state index contributed by atoms with van der Waals surface area (Å²) in [6, 6.07) is 0. The predicted molar refractivity (Wildman–Crippen MR) is 32.5 cm³/mol. The molecule has 1 aliphatic rings. The molecule has 0 bridgehead atoms. The van der Waals surface area contributed by atoms with Crippen molar-refractivity contribution in [3.63, 3.8) is 0 Å². The largest absolute Gasteiger partial charge is 0.395 e. The van der Waals surface area contributed by atoms with Crippen LogP contribution in [0.5, 0.6) is 0 Å². The van der Waals surface area contributed by atoms with Gasteiger partial charge < -0.3 is 0 Å². The van der Waals surface area contributed by atoms with Crippen molar-refractivity contribution in [2.45, 2.75) is 25.4 Å². The van der Waals surface area contributed by atoms with Crippen molar-refractivity contribution in [1.29, 1.82) is 0 Å². The van der Waals surface area contributed by atoms with E-state index in [1.165, 1.54) is 0 Å². The molecule has 0 nitrogen and oxygen atoms in total. The second-order valence-electron chi connectivity index (χ2n) is 2.01. The Labute approximate surface area is 61.9 Å². The zero-order chi connectivity index (χ0) is 10.3. The summed E-state index contributed by atoms with van der Waals surface area (Å²) < 4.78 is 58.1. The molecule has 0 radical (unpaired) electrons. The van der Waals surface area contributed by atoms with E-state index in [1.807, 2.05) is 0 Å². The molecule has 0 saturated heterocycles. The number of hydrogen-bond acceptors (Lipinski definition) is 0. The number of rotatable bonds is 0. The van der Waals surface area contributed by atoms with Crippen molar-refractivity contribution in [2.24, 2.45) is 5.89 Å². The smallest absolute Gasteiger partial charge is 0.170 e. The molecule has 58 valence electrons. The standard InChI is InChI=1S/C7H9F3/c8-7(9,10)6-4-2-1-3-5-6/h2,4,6H,1,3,5H2/t6-/m0/s1/i1D,3D,6D/t1-,3-,6-. The van der Waals surface area contributed by atoms with Crippen LogP contribution in [0.3, 0.4) is 0 Å². The monoisotopic (exact) mass is 153 g/mol. The third-order valence-electron chi connectivity index (χ3n) is 1.25.